The fraction of sp³-hybridized carbons (Fsp3) is 0.529. The van der Waals surface area contributed by atoms with Gasteiger partial charge in [-0.2, -0.15) is 0 Å². The molecule has 3 amide bonds. The van der Waals surface area contributed by atoms with E-state index in [0.29, 0.717) is 19.0 Å². The number of benzene rings is 1. The summed E-state index contributed by atoms with van der Waals surface area (Å²) >= 11 is 0. The van der Waals surface area contributed by atoms with Gasteiger partial charge < -0.3 is 21.3 Å². The minimum absolute atomic E-state index is 0. The van der Waals surface area contributed by atoms with E-state index in [1.807, 2.05) is 0 Å². The number of urea groups is 1. The van der Waals surface area contributed by atoms with Gasteiger partial charge in [-0.05, 0) is 36.5 Å². The maximum absolute atomic E-state index is 12.8. The van der Waals surface area contributed by atoms with Crippen molar-refractivity contribution in [3.8, 4) is 0 Å². The summed E-state index contributed by atoms with van der Waals surface area (Å²) in [5.74, 6) is 0.128. The van der Waals surface area contributed by atoms with Crippen LogP contribution in [0.2, 0.25) is 0 Å². The molecule has 1 saturated heterocycles. The standard InChI is InChI=1S/C17H25FN4O2.ClH/c1-12-6-7-22(15(8-12)9-19)16(23)11-21-17(24)20-10-13-2-4-14(18)5-3-13;/h2-5,12,15H,6-11,19H2,1H3,(H2,20,21,24);1H. The first kappa shape index (κ1) is 21.2. The normalized spacial score (nSPS) is 19.7. The van der Waals surface area contributed by atoms with E-state index >= 15 is 0 Å². The van der Waals surface area contributed by atoms with E-state index in [0.717, 1.165) is 18.4 Å². The first-order chi connectivity index (χ1) is 11.5. The van der Waals surface area contributed by atoms with Crippen LogP contribution in [0.25, 0.3) is 0 Å². The zero-order valence-corrected chi connectivity index (χ0v) is 15.2. The van der Waals surface area contributed by atoms with Crippen LogP contribution in [-0.2, 0) is 11.3 Å². The summed E-state index contributed by atoms with van der Waals surface area (Å²) in [6.07, 6.45) is 1.86. The molecular weight excluding hydrogens is 347 g/mol. The lowest BCUT2D eigenvalue weighted by molar-refractivity contribution is -0.134. The average Bonchev–Trinajstić information content (AvgIpc) is 2.59. The van der Waals surface area contributed by atoms with Crippen molar-refractivity contribution in [1.82, 2.24) is 15.5 Å². The molecule has 1 aliphatic heterocycles. The van der Waals surface area contributed by atoms with Crippen LogP contribution in [-0.4, -0.2) is 42.5 Å². The minimum Gasteiger partial charge on any atom is -0.337 e. The summed E-state index contributed by atoms with van der Waals surface area (Å²) in [4.78, 5) is 25.8. The van der Waals surface area contributed by atoms with Gasteiger partial charge in [0.05, 0.1) is 6.54 Å². The number of carbonyl (C=O) groups excluding carboxylic acids is 2. The van der Waals surface area contributed by atoms with Gasteiger partial charge in [-0.15, -0.1) is 12.4 Å². The smallest absolute Gasteiger partial charge is 0.315 e. The molecule has 0 spiro atoms. The highest BCUT2D eigenvalue weighted by molar-refractivity contribution is 5.85. The number of hydrogen-bond donors (Lipinski definition) is 3. The van der Waals surface area contributed by atoms with Crippen LogP contribution in [0.5, 0.6) is 0 Å². The number of halogens is 2. The molecule has 1 heterocycles. The maximum Gasteiger partial charge on any atom is 0.315 e. The third kappa shape index (κ3) is 6.51. The van der Waals surface area contributed by atoms with Gasteiger partial charge in [0.25, 0.3) is 0 Å². The first-order valence-electron chi connectivity index (χ1n) is 8.25. The van der Waals surface area contributed by atoms with Gasteiger partial charge in [0.2, 0.25) is 5.91 Å². The number of hydrogen-bond acceptors (Lipinski definition) is 3. The molecule has 1 aromatic carbocycles. The molecule has 6 nitrogen and oxygen atoms in total. The van der Waals surface area contributed by atoms with E-state index in [1.165, 1.54) is 12.1 Å². The van der Waals surface area contributed by atoms with E-state index in [2.05, 4.69) is 17.6 Å². The molecule has 140 valence electrons. The summed E-state index contributed by atoms with van der Waals surface area (Å²) in [5.41, 5.74) is 6.54. The van der Waals surface area contributed by atoms with Crippen molar-refractivity contribution in [2.75, 3.05) is 19.6 Å². The Morgan fingerprint density at radius 3 is 2.60 bits per heavy atom. The molecule has 25 heavy (non-hydrogen) atoms. The summed E-state index contributed by atoms with van der Waals surface area (Å²) in [6.45, 7) is 3.49. The monoisotopic (exact) mass is 372 g/mol. The van der Waals surface area contributed by atoms with Crippen LogP contribution in [0.1, 0.15) is 25.3 Å². The lowest BCUT2D eigenvalue weighted by atomic mass is 9.92. The molecule has 0 radical (unpaired) electrons. The molecule has 8 heteroatoms. The summed E-state index contributed by atoms with van der Waals surface area (Å²) in [6, 6.07) is 5.49. The fourth-order valence-electron chi connectivity index (χ4n) is 2.91. The number of likely N-dealkylation sites (tertiary alicyclic amines) is 1. The van der Waals surface area contributed by atoms with Crippen molar-refractivity contribution in [1.29, 1.82) is 0 Å². The van der Waals surface area contributed by atoms with Crippen molar-refractivity contribution in [2.45, 2.75) is 32.4 Å². The summed E-state index contributed by atoms with van der Waals surface area (Å²) in [5, 5.41) is 5.20. The van der Waals surface area contributed by atoms with Crippen molar-refractivity contribution in [2.24, 2.45) is 11.7 Å². The maximum atomic E-state index is 12.8. The first-order valence-corrected chi connectivity index (χ1v) is 8.25. The number of rotatable bonds is 5. The van der Waals surface area contributed by atoms with Crippen LogP contribution < -0.4 is 16.4 Å². The molecule has 0 bridgehead atoms. The molecule has 0 aliphatic carbocycles. The van der Waals surface area contributed by atoms with Gasteiger partial charge in [0.15, 0.2) is 0 Å². The van der Waals surface area contributed by atoms with Gasteiger partial charge in [0, 0.05) is 25.7 Å². The van der Waals surface area contributed by atoms with Crippen LogP contribution >= 0.6 is 12.4 Å². The zero-order valence-electron chi connectivity index (χ0n) is 14.3. The van der Waals surface area contributed by atoms with E-state index < -0.39 is 6.03 Å². The van der Waals surface area contributed by atoms with Gasteiger partial charge in [0.1, 0.15) is 5.82 Å². The molecule has 4 N–H and O–H groups in total. The Hall–Kier alpha value is -1.86. The number of nitrogens with two attached hydrogens (primary N) is 1. The lowest BCUT2D eigenvalue weighted by Gasteiger charge is -2.38. The highest BCUT2D eigenvalue weighted by Crippen LogP contribution is 2.21. The topological polar surface area (TPSA) is 87.5 Å². The Kier molecular flexibility index (Phi) is 8.65. The summed E-state index contributed by atoms with van der Waals surface area (Å²) < 4.78 is 12.8. The Morgan fingerprint density at radius 1 is 1.28 bits per heavy atom. The van der Waals surface area contributed by atoms with Gasteiger partial charge >= 0.3 is 6.03 Å². The minimum atomic E-state index is -0.428. The number of piperidine rings is 1. The number of nitrogens with zero attached hydrogens (tertiary/aromatic N) is 1. The number of amides is 3. The van der Waals surface area contributed by atoms with E-state index in [1.54, 1.807) is 17.0 Å². The molecule has 0 saturated carbocycles. The van der Waals surface area contributed by atoms with Gasteiger partial charge in [-0.3, -0.25) is 4.79 Å². The van der Waals surface area contributed by atoms with Gasteiger partial charge in [-0.25, -0.2) is 9.18 Å². The van der Waals surface area contributed by atoms with E-state index in [-0.39, 0.29) is 43.3 Å². The van der Waals surface area contributed by atoms with Crippen molar-refractivity contribution < 1.29 is 14.0 Å². The highest BCUT2D eigenvalue weighted by atomic mass is 35.5. The van der Waals surface area contributed by atoms with Crippen LogP contribution in [0.4, 0.5) is 9.18 Å². The van der Waals surface area contributed by atoms with Crippen molar-refractivity contribution in [3.05, 3.63) is 35.6 Å². The Labute approximate surface area is 153 Å². The van der Waals surface area contributed by atoms with Crippen LogP contribution in [0.15, 0.2) is 24.3 Å². The number of carbonyl (C=O) groups is 2. The molecule has 1 fully saturated rings. The van der Waals surface area contributed by atoms with Crippen molar-refractivity contribution in [3.63, 3.8) is 0 Å². The third-order valence-electron chi connectivity index (χ3n) is 4.34. The molecule has 1 aromatic rings. The predicted molar refractivity (Wildman–Crippen MR) is 96.8 cm³/mol. The van der Waals surface area contributed by atoms with Crippen LogP contribution in [0, 0.1) is 11.7 Å². The molecule has 2 atom stereocenters. The molecular formula is C17H26ClFN4O2. The average molecular weight is 373 g/mol. The Bertz CT molecular complexity index is 570. The Morgan fingerprint density at radius 2 is 1.96 bits per heavy atom. The second-order valence-corrected chi connectivity index (χ2v) is 6.27. The van der Waals surface area contributed by atoms with Gasteiger partial charge in [-0.1, -0.05) is 19.1 Å². The zero-order chi connectivity index (χ0) is 17.5. The second kappa shape index (κ2) is 10.2. The largest absolute Gasteiger partial charge is 0.337 e. The Balaban J connectivity index is 0.00000312. The number of nitrogens with one attached hydrogen (secondary N) is 2. The quantitative estimate of drug-likeness (QED) is 0.734. The molecule has 2 unspecified atom stereocenters. The fourth-order valence-corrected chi connectivity index (χ4v) is 2.91. The van der Waals surface area contributed by atoms with Crippen LogP contribution in [0.3, 0.4) is 0 Å². The SMILES string of the molecule is CC1CCN(C(=O)CNC(=O)NCc2ccc(F)cc2)C(CN)C1.Cl. The molecule has 2 rings (SSSR count). The van der Waals surface area contributed by atoms with Crippen molar-refractivity contribution >= 4 is 24.3 Å². The van der Waals surface area contributed by atoms with E-state index in [9.17, 15) is 14.0 Å². The summed E-state index contributed by atoms with van der Waals surface area (Å²) in [7, 11) is 0. The third-order valence-corrected chi connectivity index (χ3v) is 4.34. The predicted octanol–water partition coefficient (Wildman–Crippen LogP) is 1.63. The molecule has 0 aromatic heterocycles. The lowest BCUT2D eigenvalue weighted by Crippen LogP contribution is -2.52. The molecule has 1 aliphatic rings. The second-order valence-electron chi connectivity index (χ2n) is 6.27. The highest BCUT2D eigenvalue weighted by Gasteiger charge is 2.28. The van der Waals surface area contributed by atoms with E-state index in [4.69, 9.17) is 5.73 Å².